The van der Waals surface area contributed by atoms with Crippen molar-refractivity contribution in [3.63, 3.8) is 0 Å². The molecular formula is C46H88NO7P. The van der Waals surface area contributed by atoms with Gasteiger partial charge in [0.15, 0.2) is 6.10 Å². The first kappa shape index (κ1) is 53.6. The molecule has 0 saturated heterocycles. The van der Waals surface area contributed by atoms with Crippen molar-refractivity contribution in [2.45, 2.75) is 206 Å². The number of unbranched alkanes of at least 4 members (excludes halogenated alkanes) is 24. The van der Waals surface area contributed by atoms with E-state index in [0.717, 1.165) is 44.9 Å². The SMILES string of the molecule is CCCCC/C=C\C/C=C\CCCCCCCCCC(=O)OCC(COP(=O)([O-])OCC[N+](C)(C)C)O/C=C\CCCCCCCCCCCCCCCC. The van der Waals surface area contributed by atoms with Gasteiger partial charge in [-0.2, -0.15) is 0 Å². The van der Waals surface area contributed by atoms with E-state index in [2.05, 4.69) is 38.2 Å². The molecule has 0 amide bonds. The van der Waals surface area contributed by atoms with E-state index in [4.69, 9.17) is 18.5 Å². The maximum absolute atomic E-state index is 12.5. The van der Waals surface area contributed by atoms with Gasteiger partial charge in [-0.05, 0) is 57.4 Å². The lowest BCUT2D eigenvalue weighted by molar-refractivity contribution is -0.870. The second kappa shape index (κ2) is 39.4. The molecule has 0 aliphatic rings. The van der Waals surface area contributed by atoms with Crippen molar-refractivity contribution in [2.24, 2.45) is 0 Å². The van der Waals surface area contributed by atoms with Crippen LogP contribution in [0.1, 0.15) is 200 Å². The zero-order chi connectivity index (χ0) is 40.6. The van der Waals surface area contributed by atoms with Crippen LogP contribution in [0.15, 0.2) is 36.6 Å². The molecule has 0 heterocycles. The summed E-state index contributed by atoms with van der Waals surface area (Å²) in [5, 5.41) is 0. The summed E-state index contributed by atoms with van der Waals surface area (Å²) in [7, 11) is 1.36. The highest BCUT2D eigenvalue weighted by atomic mass is 31.2. The standard InChI is InChI=1S/C46H88NO7P/c1-6-8-10-12-14-16-18-20-22-24-25-27-29-31-33-35-37-39-46(48)52-43-45(44-54-55(49,50)53-42-40-47(3,4)5)51-41-38-36-34-32-30-28-26-23-21-19-17-15-13-11-9-7-2/h14,16,20,22,38,41,45H,6-13,15,17-19,21,23-37,39-40,42-44H2,1-5H3/b16-14-,22-20-,41-38-. The average molecular weight is 798 g/mol. The van der Waals surface area contributed by atoms with Crippen LogP contribution in [0, 0.1) is 0 Å². The topological polar surface area (TPSA) is 94.1 Å². The summed E-state index contributed by atoms with van der Waals surface area (Å²) < 4.78 is 34.4. The number of allylic oxidation sites excluding steroid dienone is 5. The third-order valence-electron chi connectivity index (χ3n) is 9.78. The maximum atomic E-state index is 12.5. The molecule has 55 heavy (non-hydrogen) atoms. The van der Waals surface area contributed by atoms with Crippen molar-refractivity contribution < 1.29 is 37.3 Å². The van der Waals surface area contributed by atoms with Gasteiger partial charge in [-0.1, -0.05) is 167 Å². The molecule has 8 nitrogen and oxygen atoms in total. The van der Waals surface area contributed by atoms with E-state index in [9.17, 15) is 14.3 Å². The third kappa shape index (κ3) is 43.5. The van der Waals surface area contributed by atoms with Gasteiger partial charge in [0, 0.05) is 6.42 Å². The molecule has 0 aliphatic heterocycles. The first-order chi connectivity index (χ1) is 26.6. The smallest absolute Gasteiger partial charge is 0.305 e. The number of hydrogen-bond donors (Lipinski definition) is 0. The Labute approximate surface area is 340 Å². The second-order valence-electron chi connectivity index (χ2n) is 16.5. The van der Waals surface area contributed by atoms with Crippen LogP contribution in [0.5, 0.6) is 0 Å². The van der Waals surface area contributed by atoms with Crippen LogP contribution in [0.25, 0.3) is 0 Å². The molecule has 0 aromatic carbocycles. The lowest BCUT2D eigenvalue weighted by atomic mass is 10.0. The minimum absolute atomic E-state index is 0.0264. The van der Waals surface area contributed by atoms with Gasteiger partial charge in [-0.3, -0.25) is 9.36 Å². The Morgan fingerprint density at radius 1 is 0.582 bits per heavy atom. The molecule has 0 aromatic heterocycles. The van der Waals surface area contributed by atoms with E-state index in [1.54, 1.807) is 6.26 Å². The van der Waals surface area contributed by atoms with E-state index < -0.39 is 13.9 Å². The van der Waals surface area contributed by atoms with Gasteiger partial charge in [0.2, 0.25) is 0 Å². The van der Waals surface area contributed by atoms with Crippen molar-refractivity contribution in [1.82, 2.24) is 0 Å². The predicted octanol–water partition coefficient (Wildman–Crippen LogP) is 13.1. The largest absolute Gasteiger partial charge is 0.756 e. The number of quaternary nitrogens is 1. The van der Waals surface area contributed by atoms with E-state index >= 15 is 0 Å². The van der Waals surface area contributed by atoms with Gasteiger partial charge < -0.3 is 27.9 Å². The Morgan fingerprint density at radius 2 is 1.02 bits per heavy atom. The lowest BCUT2D eigenvalue weighted by Crippen LogP contribution is -2.37. The number of ether oxygens (including phenoxy) is 2. The number of likely N-dealkylation sites (N-methyl/N-ethyl adjacent to an activating group) is 1. The lowest BCUT2D eigenvalue weighted by Gasteiger charge is -2.28. The normalized spacial score (nSPS) is 14.0. The summed E-state index contributed by atoms with van der Waals surface area (Å²) in [4.78, 5) is 24.9. The van der Waals surface area contributed by atoms with E-state index in [1.807, 2.05) is 27.2 Å². The summed E-state index contributed by atoms with van der Waals surface area (Å²) in [5.74, 6) is -0.299. The maximum Gasteiger partial charge on any atom is 0.305 e. The number of rotatable bonds is 42. The fourth-order valence-corrected chi connectivity index (χ4v) is 6.88. The summed E-state index contributed by atoms with van der Waals surface area (Å²) in [6.07, 6.45) is 46.8. The molecule has 0 rings (SSSR count). The number of phosphoric acid groups is 1. The molecule has 2 unspecified atom stereocenters. The first-order valence-electron chi connectivity index (χ1n) is 22.8. The van der Waals surface area contributed by atoms with E-state index in [-0.39, 0.29) is 25.8 Å². The molecule has 0 radical (unpaired) electrons. The van der Waals surface area contributed by atoms with Crippen LogP contribution < -0.4 is 4.89 Å². The molecule has 0 saturated carbocycles. The number of carbonyl (C=O) groups is 1. The fourth-order valence-electron chi connectivity index (χ4n) is 6.15. The van der Waals surface area contributed by atoms with Gasteiger partial charge in [-0.25, -0.2) is 0 Å². The van der Waals surface area contributed by atoms with Crippen LogP contribution in [-0.4, -0.2) is 64.1 Å². The highest BCUT2D eigenvalue weighted by molar-refractivity contribution is 7.45. The minimum atomic E-state index is -4.52. The Bertz CT molecular complexity index is 978. The predicted molar refractivity (Wildman–Crippen MR) is 231 cm³/mol. The highest BCUT2D eigenvalue weighted by Crippen LogP contribution is 2.38. The molecule has 9 heteroatoms. The number of nitrogens with zero attached hydrogens (tertiary/aromatic N) is 1. The van der Waals surface area contributed by atoms with Gasteiger partial charge in [0.05, 0.1) is 34.0 Å². The number of esters is 1. The van der Waals surface area contributed by atoms with E-state index in [1.165, 1.54) is 135 Å². The van der Waals surface area contributed by atoms with Crippen LogP contribution in [0.3, 0.4) is 0 Å². The van der Waals surface area contributed by atoms with Crippen LogP contribution >= 0.6 is 7.82 Å². The van der Waals surface area contributed by atoms with Crippen molar-refractivity contribution in [2.75, 3.05) is 47.5 Å². The Hall–Kier alpha value is -1.44. The van der Waals surface area contributed by atoms with Crippen molar-refractivity contribution in [1.29, 1.82) is 0 Å². The summed E-state index contributed by atoms with van der Waals surface area (Å²) in [6.45, 7) is 4.69. The van der Waals surface area contributed by atoms with Crippen LogP contribution in [-0.2, 0) is 27.9 Å². The molecule has 0 aromatic rings. The summed E-state index contributed by atoms with van der Waals surface area (Å²) >= 11 is 0. The van der Waals surface area contributed by atoms with Gasteiger partial charge in [0.1, 0.15) is 19.8 Å². The fraction of sp³-hybridized carbons (Fsp3) is 0.848. The quantitative estimate of drug-likeness (QED) is 0.0152. The van der Waals surface area contributed by atoms with Crippen LogP contribution in [0.2, 0.25) is 0 Å². The first-order valence-corrected chi connectivity index (χ1v) is 24.2. The van der Waals surface area contributed by atoms with Gasteiger partial charge in [-0.15, -0.1) is 0 Å². The Balaban J connectivity index is 4.26. The summed E-state index contributed by atoms with van der Waals surface area (Å²) in [6, 6.07) is 0. The van der Waals surface area contributed by atoms with Gasteiger partial charge in [0.25, 0.3) is 7.82 Å². The second-order valence-corrected chi connectivity index (χ2v) is 17.9. The number of hydrogen-bond acceptors (Lipinski definition) is 7. The Morgan fingerprint density at radius 3 is 1.53 bits per heavy atom. The molecule has 0 aliphatic carbocycles. The molecule has 0 spiro atoms. The number of phosphoric ester groups is 1. The molecule has 0 N–H and O–H groups in total. The number of carbonyl (C=O) groups excluding carboxylic acids is 1. The molecule has 324 valence electrons. The van der Waals surface area contributed by atoms with Crippen molar-refractivity contribution in [3.8, 4) is 0 Å². The molecule has 2 atom stereocenters. The zero-order valence-electron chi connectivity index (χ0n) is 36.6. The third-order valence-corrected chi connectivity index (χ3v) is 10.7. The van der Waals surface area contributed by atoms with Crippen LogP contribution in [0.4, 0.5) is 0 Å². The Kier molecular flexibility index (Phi) is 38.4. The molecular weight excluding hydrogens is 709 g/mol. The van der Waals surface area contributed by atoms with E-state index in [0.29, 0.717) is 17.4 Å². The van der Waals surface area contributed by atoms with Gasteiger partial charge >= 0.3 is 5.97 Å². The summed E-state index contributed by atoms with van der Waals surface area (Å²) in [5.41, 5.74) is 0. The minimum Gasteiger partial charge on any atom is -0.756 e. The monoisotopic (exact) mass is 798 g/mol. The van der Waals surface area contributed by atoms with Crippen molar-refractivity contribution >= 4 is 13.8 Å². The average Bonchev–Trinajstić information content (AvgIpc) is 3.14. The zero-order valence-corrected chi connectivity index (χ0v) is 37.5. The highest BCUT2D eigenvalue weighted by Gasteiger charge is 2.19. The molecule has 0 fully saturated rings. The van der Waals surface area contributed by atoms with Crippen molar-refractivity contribution in [3.05, 3.63) is 36.6 Å². The molecule has 0 bridgehead atoms.